The SMILES string of the molecule is CCNc1ccc([N+](=O)[O-])cc1OCCCBr. The van der Waals surface area contributed by atoms with E-state index in [4.69, 9.17) is 4.74 Å². The molecule has 0 atom stereocenters. The Kier molecular flexibility index (Phi) is 5.76. The first-order chi connectivity index (χ1) is 8.19. The second kappa shape index (κ2) is 7.11. The van der Waals surface area contributed by atoms with Crippen LogP contribution in [0, 0.1) is 10.1 Å². The third-order valence-corrected chi connectivity index (χ3v) is 2.64. The van der Waals surface area contributed by atoms with Crippen molar-refractivity contribution in [2.75, 3.05) is 23.8 Å². The van der Waals surface area contributed by atoms with Crippen LogP contribution in [0.5, 0.6) is 5.75 Å². The highest BCUT2D eigenvalue weighted by atomic mass is 79.9. The number of anilines is 1. The number of ether oxygens (including phenoxy) is 1. The number of nitrogens with one attached hydrogen (secondary N) is 1. The fourth-order valence-electron chi connectivity index (χ4n) is 1.32. The van der Waals surface area contributed by atoms with E-state index in [-0.39, 0.29) is 5.69 Å². The summed E-state index contributed by atoms with van der Waals surface area (Å²) in [6, 6.07) is 4.59. The number of benzene rings is 1. The minimum atomic E-state index is -0.424. The zero-order chi connectivity index (χ0) is 12.7. The minimum Gasteiger partial charge on any atom is -0.491 e. The van der Waals surface area contributed by atoms with Gasteiger partial charge < -0.3 is 10.1 Å². The minimum absolute atomic E-state index is 0.0421. The highest BCUT2D eigenvalue weighted by Gasteiger charge is 2.11. The topological polar surface area (TPSA) is 64.4 Å². The smallest absolute Gasteiger partial charge is 0.273 e. The molecule has 0 spiro atoms. The van der Waals surface area contributed by atoms with E-state index in [2.05, 4.69) is 21.2 Å². The molecule has 6 heteroatoms. The number of nitro groups is 1. The monoisotopic (exact) mass is 302 g/mol. The van der Waals surface area contributed by atoms with E-state index in [1.807, 2.05) is 6.92 Å². The van der Waals surface area contributed by atoms with Gasteiger partial charge in [-0.15, -0.1) is 0 Å². The van der Waals surface area contributed by atoms with Crippen molar-refractivity contribution in [1.29, 1.82) is 0 Å². The standard InChI is InChI=1S/C11H15BrN2O3/c1-2-13-10-5-4-9(14(15)16)8-11(10)17-7-3-6-12/h4-5,8,13H,2-3,6-7H2,1H3. The number of halogens is 1. The number of hydrogen-bond acceptors (Lipinski definition) is 4. The Labute approximate surface area is 108 Å². The molecule has 0 saturated heterocycles. The molecule has 1 N–H and O–H groups in total. The van der Waals surface area contributed by atoms with Crippen LogP contribution in [0.2, 0.25) is 0 Å². The van der Waals surface area contributed by atoms with Gasteiger partial charge in [-0.05, 0) is 19.4 Å². The van der Waals surface area contributed by atoms with Crippen molar-refractivity contribution in [3.63, 3.8) is 0 Å². The molecule has 1 aromatic carbocycles. The predicted octanol–water partition coefficient (Wildman–Crippen LogP) is 3.19. The molecule has 0 aliphatic rings. The Morgan fingerprint density at radius 1 is 1.53 bits per heavy atom. The van der Waals surface area contributed by atoms with Crippen molar-refractivity contribution >= 4 is 27.3 Å². The largest absolute Gasteiger partial charge is 0.491 e. The van der Waals surface area contributed by atoms with E-state index in [9.17, 15) is 10.1 Å². The van der Waals surface area contributed by atoms with E-state index >= 15 is 0 Å². The third-order valence-electron chi connectivity index (χ3n) is 2.08. The third kappa shape index (κ3) is 4.22. The first kappa shape index (κ1) is 13.8. The van der Waals surface area contributed by atoms with Crippen molar-refractivity contribution < 1.29 is 9.66 Å². The molecule has 0 bridgehead atoms. The van der Waals surface area contributed by atoms with Gasteiger partial charge in [0.1, 0.15) is 5.75 Å². The summed E-state index contributed by atoms with van der Waals surface area (Å²) >= 11 is 3.31. The number of non-ortho nitro benzene ring substituents is 1. The molecule has 0 radical (unpaired) electrons. The van der Waals surface area contributed by atoms with Crippen LogP contribution in [0.25, 0.3) is 0 Å². The van der Waals surface area contributed by atoms with E-state index < -0.39 is 4.92 Å². The predicted molar refractivity (Wildman–Crippen MR) is 71.2 cm³/mol. The molecule has 94 valence electrons. The van der Waals surface area contributed by atoms with Crippen LogP contribution in [-0.2, 0) is 0 Å². The Hall–Kier alpha value is -1.30. The van der Waals surface area contributed by atoms with Crippen LogP contribution in [0.1, 0.15) is 13.3 Å². The molecule has 1 aromatic rings. The summed E-state index contributed by atoms with van der Waals surface area (Å²) in [4.78, 5) is 10.3. The number of hydrogen-bond donors (Lipinski definition) is 1. The maximum Gasteiger partial charge on any atom is 0.273 e. The van der Waals surface area contributed by atoms with Crippen LogP contribution < -0.4 is 10.1 Å². The van der Waals surface area contributed by atoms with Gasteiger partial charge in [-0.25, -0.2) is 0 Å². The van der Waals surface area contributed by atoms with E-state index in [0.717, 1.165) is 24.0 Å². The highest BCUT2D eigenvalue weighted by molar-refractivity contribution is 9.09. The molecular formula is C11H15BrN2O3. The zero-order valence-electron chi connectivity index (χ0n) is 9.61. The fraction of sp³-hybridized carbons (Fsp3) is 0.455. The first-order valence-electron chi connectivity index (χ1n) is 5.40. The summed E-state index contributed by atoms with van der Waals surface area (Å²) in [5.74, 6) is 0.530. The van der Waals surface area contributed by atoms with E-state index in [0.29, 0.717) is 12.4 Å². The van der Waals surface area contributed by atoms with Gasteiger partial charge in [-0.3, -0.25) is 10.1 Å². The Balaban J connectivity index is 2.86. The molecule has 0 amide bonds. The van der Waals surface area contributed by atoms with Crippen molar-refractivity contribution in [1.82, 2.24) is 0 Å². The second-order valence-corrected chi connectivity index (χ2v) is 4.15. The lowest BCUT2D eigenvalue weighted by atomic mass is 10.2. The molecule has 0 fully saturated rings. The molecule has 0 aliphatic carbocycles. The van der Waals surface area contributed by atoms with Crippen molar-refractivity contribution in [3.05, 3.63) is 28.3 Å². The lowest BCUT2D eigenvalue weighted by Gasteiger charge is -2.11. The van der Waals surface area contributed by atoms with Crippen LogP contribution in [0.3, 0.4) is 0 Å². The van der Waals surface area contributed by atoms with Gasteiger partial charge in [0.25, 0.3) is 5.69 Å². The summed E-state index contributed by atoms with van der Waals surface area (Å²) in [6.07, 6.45) is 0.855. The lowest BCUT2D eigenvalue weighted by molar-refractivity contribution is -0.384. The molecule has 5 nitrogen and oxygen atoms in total. The van der Waals surface area contributed by atoms with Gasteiger partial charge in [0.15, 0.2) is 0 Å². The number of alkyl halides is 1. The quantitative estimate of drug-likeness (QED) is 0.363. The summed E-state index contributed by atoms with van der Waals surface area (Å²) < 4.78 is 5.52. The second-order valence-electron chi connectivity index (χ2n) is 3.36. The fourth-order valence-corrected chi connectivity index (χ4v) is 1.55. The Morgan fingerprint density at radius 2 is 2.29 bits per heavy atom. The molecule has 0 aliphatic heterocycles. The average Bonchev–Trinajstić information content (AvgIpc) is 2.31. The van der Waals surface area contributed by atoms with E-state index in [1.165, 1.54) is 12.1 Å². The zero-order valence-corrected chi connectivity index (χ0v) is 11.2. The normalized spacial score (nSPS) is 10.0. The molecule has 0 saturated carbocycles. The van der Waals surface area contributed by atoms with Crippen molar-refractivity contribution in [2.24, 2.45) is 0 Å². The van der Waals surface area contributed by atoms with Crippen LogP contribution in [-0.4, -0.2) is 23.4 Å². The Bertz CT molecular complexity index is 385. The van der Waals surface area contributed by atoms with Gasteiger partial charge in [-0.1, -0.05) is 15.9 Å². The molecule has 1 rings (SSSR count). The summed E-state index contributed by atoms with van der Waals surface area (Å²) in [6.45, 7) is 3.24. The van der Waals surface area contributed by atoms with Gasteiger partial charge in [0.05, 0.1) is 23.3 Å². The molecule has 17 heavy (non-hydrogen) atoms. The summed E-state index contributed by atoms with van der Waals surface area (Å²) in [5.41, 5.74) is 0.827. The van der Waals surface area contributed by atoms with Crippen LogP contribution in [0.4, 0.5) is 11.4 Å². The highest BCUT2D eigenvalue weighted by Crippen LogP contribution is 2.29. The molecule has 0 heterocycles. The average molecular weight is 303 g/mol. The maximum atomic E-state index is 10.7. The number of nitro benzene ring substituents is 1. The van der Waals surface area contributed by atoms with Gasteiger partial charge in [0.2, 0.25) is 0 Å². The lowest BCUT2D eigenvalue weighted by Crippen LogP contribution is -2.04. The molecular weight excluding hydrogens is 288 g/mol. The van der Waals surface area contributed by atoms with Crippen molar-refractivity contribution in [3.8, 4) is 5.75 Å². The number of nitrogens with zero attached hydrogens (tertiary/aromatic N) is 1. The Morgan fingerprint density at radius 3 is 2.88 bits per heavy atom. The summed E-state index contributed by atoms with van der Waals surface area (Å²) in [7, 11) is 0. The van der Waals surface area contributed by atoms with Gasteiger partial charge in [-0.2, -0.15) is 0 Å². The van der Waals surface area contributed by atoms with Gasteiger partial charge in [0, 0.05) is 17.9 Å². The molecule has 0 unspecified atom stereocenters. The van der Waals surface area contributed by atoms with Gasteiger partial charge >= 0.3 is 0 Å². The number of rotatable bonds is 7. The summed E-state index contributed by atoms with van der Waals surface area (Å²) in [5, 5.41) is 14.6. The molecule has 0 aromatic heterocycles. The van der Waals surface area contributed by atoms with E-state index in [1.54, 1.807) is 6.07 Å². The van der Waals surface area contributed by atoms with Crippen molar-refractivity contribution in [2.45, 2.75) is 13.3 Å². The first-order valence-corrected chi connectivity index (χ1v) is 6.52. The van der Waals surface area contributed by atoms with Crippen LogP contribution >= 0.6 is 15.9 Å². The maximum absolute atomic E-state index is 10.7. The van der Waals surface area contributed by atoms with Crippen LogP contribution in [0.15, 0.2) is 18.2 Å².